The summed E-state index contributed by atoms with van der Waals surface area (Å²) >= 11 is 6.25. The third-order valence-corrected chi connectivity index (χ3v) is 4.34. The van der Waals surface area contributed by atoms with Crippen LogP contribution < -0.4 is 0 Å². The van der Waals surface area contributed by atoms with Gasteiger partial charge in [-0.2, -0.15) is 0 Å². The second-order valence-corrected chi connectivity index (χ2v) is 6.39. The van der Waals surface area contributed by atoms with Crippen LogP contribution in [0.4, 0.5) is 0 Å². The first-order valence-corrected chi connectivity index (χ1v) is 6.97. The Balaban J connectivity index is 2.15. The molecule has 0 bridgehead atoms. The van der Waals surface area contributed by atoms with Crippen LogP contribution in [0, 0.1) is 24.2 Å². The average molecular weight is 260 g/mol. The van der Waals surface area contributed by atoms with Gasteiger partial charge in [0.1, 0.15) is 0 Å². The van der Waals surface area contributed by atoms with E-state index in [1.165, 1.54) is 31.2 Å². The van der Waals surface area contributed by atoms with Crippen molar-refractivity contribution in [1.29, 1.82) is 0 Å². The molecule has 0 aromatic heterocycles. The van der Waals surface area contributed by atoms with E-state index in [1.54, 1.807) is 0 Å². The summed E-state index contributed by atoms with van der Waals surface area (Å²) in [4.78, 5) is 0. The molecule has 1 saturated carbocycles. The molecule has 0 aliphatic heterocycles. The molecule has 1 fully saturated rings. The molecule has 1 aliphatic rings. The van der Waals surface area contributed by atoms with Crippen LogP contribution in [0.1, 0.15) is 56.6 Å². The third-order valence-electron chi connectivity index (χ3n) is 4.03. The van der Waals surface area contributed by atoms with Gasteiger partial charge in [-0.1, -0.05) is 43.4 Å². The van der Waals surface area contributed by atoms with Crippen molar-refractivity contribution in [3.8, 4) is 11.8 Å². The first-order valence-electron chi connectivity index (χ1n) is 6.59. The van der Waals surface area contributed by atoms with Crippen molar-refractivity contribution in [3.63, 3.8) is 0 Å². The van der Waals surface area contributed by atoms with Gasteiger partial charge in [0.2, 0.25) is 0 Å². The maximum atomic E-state index is 6.25. The fourth-order valence-corrected chi connectivity index (χ4v) is 2.95. The quantitative estimate of drug-likeness (QED) is 0.608. The maximum Gasteiger partial charge on any atom is 0.0565 e. The van der Waals surface area contributed by atoms with E-state index in [0.717, 1.165) is 10.6 Å². The zero-order chi connectivity index (χ0) is 13.2. The van der Waals surface area contributed by atoms with Crippen molar-refractivity contribution in [3.05, 3.63) is 41.3 Å². The Bertz CT molecular complexity index is 478. The van der Waals surface area contributed by atoms with Gasteiger partial charge >= 0.3 is 0 Å². The summed E-state index contributed by atoms with van der Waals surface area (Å²) in [6.45, 7) is 8.26. The van der Waals surface area contributed by atoms with Crippen molar-refractivity contribution in [2.45, 2.75) is 45.4 Å². The SMILES string of the molecule is [CH2]C#Cc1ccc(C2CCC(C)(C)CC2)cc1Cl. The molecule has 1 aromatic rings. The highest BCUT2D eigenvalue weighted by molar-refractivity contribution is 6.31. The zero-order valence-corrected chi connectivity index (χ0v) is 12.0. The molecular formula is C17H20Cl. The molecule has 0 N–H and O–H groups in total. The van der Waals surface area contributed by atoms with Gasteiger partial charge in [0, 0.05) is 12.5 Å². The average Bonchev–Trinajstić information content (AvgIpc) is 2.32. The smallest absolute Gasteiger partial charge is 0.0565 e. The first-order chi connectivity index (χ1) is 8.52. The molecular weight excluding hydrogens is 240 g/mol. The molecule has 0 atom stereocenters. The van der Waals surface area contributed by atoms with E-state index < -0.39 is 0 Å². The number of hydrogen-bond acceptors (Lipinski definition) is 0. The molecule has 0 nitrogen and oxygen atoms in total. The summed E-state index contributed by atoms with van der Waals surface area (Å²) in [7, 11) is 0. The van der Waals surface area contributed by atoms with E-state index in [-0.39, 0.29) is 0 Å². The van der Waals surface area contributed by atoms with Crippen molar-refractivity contribution in [2.75, 3.05) is 0 Å². The predicted octanol–water partition coefficient (Wildman–Crippen LogP) is 5.21. The van der Waals surface area contributed by atoms with Gasteiger partial charge in [0.15, 0.2) is 0 Å². The van der Waals surface area contributed by atoms with Crippen LogP contribution in [-0.4, -0.2) is 0 Å². The van der Waals surface area contributed by atoms with E-state index >= 15 is 0 Å². The normalized spacial score (nSPS) is 19.1. The van der Waals surface area contributed by atoms with Gasteiger partial charge in [-0.3, -0.25) is 0 Å². The highest BCUT2D eigenvalue weighted by Crippen LogP contribution is 2.42. The molecule has 0 saturated heterocycles. The monoisotopic (exact) mass is 259 g/mol. The first kappa shape index (κ1) is 13.5. The maximum absolute atomic E-state index is 6.25. The summed E-state index contributed by atoms with van der Waals surface area (Å²) in [5.74, 6) is 6.24. The molecule has 0 heterocycles. The number of rotatable bonds is 1. The molecule has 0 amide bonds. The topological polar surface area (TPSA) is 0 Å². The standard InChI is InChI=1S/C17H20Cl/c1-4-5-14-6-7-15(12-16(14)18)13-8-10-17(2,3)11-9-13/h6-7,12-13H,1,8-11H2,2-3H3. The Morgan fingerprint density at radius 1 is 1.28 bits per heavy atom. The minimum Gasteiger partial charge on any atom is -0.0968 e. The lowest BCUT2D eigenvalue weighted by molar-refractivity contribution is 0.224. The number of hydrogen-bond donors (Lipinski definition) is 0. The van der Waals surface area contributed by atoms with Crippen LogP contribution >= 0.6 is 11.6 Å². The van der Waals surface area contributed by atoms with Crippen molar-refractivity contribution in [1.82, 2.24) is 0 Å². The second kappa shape index (κ2) is 5.37. The summed E-state index contributed by atoms with van der Waals surface area (Å²) in [6, 6.07) is 6.29. The zero-order valence-electron chi connectivity index (χ0n) is 11.2. The molecule has 1 aromatic carbocycles. The fourth-order valence-electron chi connectivity index (χ4n) is 2.71. The van der Waals surface area contributed by atoms with Crippen LogP contribution in [0.3, 0.4) is 0 Å². The molecule has 1 aliphatic carbocycles. The van der Waals surface area contributed by atoms with E-state index in [1.807, 2.05) is 6.07 Å². The highest BCUT2D eigenvalue weighted by atomic mass is 35.5. The molecule has 0 spiro atoms. The van der Waals surface area contributed by atoms with Crippen LogP contribution in [0.5, 0.6) is 0 Å². The Labute approximate surface area is 116 Å². The van der Waals surface area contributed by atoms with Crippen LogP contribution in [-0.2, 0) is 0 Å². The van der Waals surface area contributed by atoms with E-state index in [9.17, 15) is 0 Å². The molecule has 0 unspecified atom stereocenters. The Morgan fingerprint density at radius 2 is 1.94 bits per heavy atom. The Kier molecular flexibility index (Phi) is 4.03. The van der Waals surface area contributed by atoms with Crippen LogP contribution in [0.2, 0.25) is 5.02 Å². The largest absolute Gasteiger partial charge is 0.0968 e. The lowest BCUT2D eigenvalue weighted by Crippen LogP contribution is -2.20. The number of benzene rings is 1. The second-order valence-electron chi connectivity index (χ2n) is 5.98. The molecule has 1 radical (unpaired) electrons. The summed E-state index contributed by atoms with van der Waals surface area (Å²) in [5.41, 5.74) is 2.76. The predicted molar refractivity (Wildman–Crippen MR) is 78.7 cm³/mol. The van der Waals surface area contributed by atoms with Gasteiger partial charge in [-0.05, 0) is 54.7 Å². The van der Waals surface area contributed by atoms with Gasteiger partial charge in [-0.25, -0.2) is 0 Å². The van der Waals surface area contributed by atoms with Crippen molar-refractivity contribution < 1.29 is 0 Å². The molecule has 95 valence electrons. The van der Waals surface area contributed by atoms with Crippen LogP contribution in [0.15, 0.2) is 18.2 Å². The van der Waals surface area contributed by atoms with Gasteiger partial charge in [0.25, 0.3) is 0 Å². The van der Waals surface area contributed by atoms with Gasteiger partial charge in [0.05, 0.1) is 5.02 Å². The van der Waals surface area contributed by atoms with E-state index in [2.05, 4.69) is 44.7 Å². The molecule has 2 rings (SSSR count). The Hall–Kier alpha value is -0.930. The van der Waals surface area contributed by atoms with Gasteiger partial charge in [-0.15, -0.1) is 0 Å². The van der Waals surface area contributed by atoms with E-state index in [0.29, 0.717) is 11.3 Å². The lowest BCUT2D eigenvalue weighted by Gasteiger charge is -2.34. The summed E-state index contributed by atoms with van der Waals surface area (Å²) in [6.07, 6.45) is 5.14. The molecule has 1 heteroatoms. The highest BCUT2D eigenvalue weighted by Gasteiger charge is 2.27. The Morgan fingerprint density at radius 3 is 2.50 bits per heavy atom. The van der Waals surface area contributed by atoms with Gasteiger partial charge < -0.3 is 0 Å². The minimum absolute atomic E-state index is 0.513. The number of halogens is 1. The summed E-state index contributed by atoms with van der Waals surface area (Å²) in [5, 5.41) is 0.758. The molecule has 18 heavy (non-hydrogen) atoms. The van der Waals surface area contributed by atoms with E-state index in [4.69, 9.17) is 11.6 Å². The van der Waals surface area contributed by atoms with Crippen LogP contribution in [0.25, 0.3) is 0 Å². The fraction of sp³-hybridized carbons (Fsp3) is 0.471. The third kappa shape index (κ3) is 3.09. The van der Waals surface area contributed by atoms with Crippen molar-refractivity contribution >= 4 is 11.6 Å². The minimum atomic E-state index is 0.513. The summed E-state index contributed by atoms with van der Waals surface area (Å²) < 4.78 is 0. The lowest BCUT2D eigenvalue weighted by atomic mass is 9.71. The van der Waals surface area contributed by atoms with Crippen molar-refractivity contribution in [2.24, 2.45) is 5.41 Å².